The summed E-state index contributed by atoms with van der Waals surface area (Å²) in [4.78, 5) is 15.3. The lowest BCUT2D eigenvalue weighted by atomic mass is 9.96. The van der Waals surface area contributed by atoms with E-state index in [1.807, 2.05) is 59.9 Å². The SMILES string of the molecule is c1ccc(-c2ccc(-c3nc(-c4ccccc4)nc(-c4cccc5oc6ccc(-c7cccc8sc9c(-c%10ccccc%10)cccc9c78)cc6c45)n3)cc2)cc1. The minimum atomic E-state index is 0.596. The average molecular weight is 734 g/mol. The number of furan rings is 1. The quantitative estimate of drug-likeness (QED) is 0.171. The predicted octanol–water partition coefficient (Wildman–Crippen LogP) is 14.1. The molecule has 0 saturated carbocycles. The van der Waals surface area contributed by atoms with Gasteiger partial charge < -0.3 is 4.42 Å². The molecule has 0 aliphatic carbocycles. The first kappa shape index (κ1) is 32.2. The molecule has 3 heterocycles. The Kier molecular flexibility index (Phi) is 7.64. The van der Waals surface area contributed by atoms with E-state index in [9.17, 15) is 0 Å². The molecule has 0 saturated heterocycles. The number of rotatable bonds is 6. The number of aromatic nitrogens is 3. The van der Waals surface area contributed by atoms with E-state index in [1.165, 1.54) is 42.4 Å². The van der Waals surface area contributed by atoms with Crippen LogP contribution in [0.5, 0.6) is 0 Å². The van der Waals surface area contributed by atoms with Crippen LogP contribution in [0.4, 0.5) is 0 Å². The number of hydrogen-bond acceptors (Lipinski definition) is 5. The van der Waals surface area contributed by atoms with Gasteiger partial charge in [-0.1, -0.05) is 164 Å². The molecule has 0 radical (unpaired) electrons. The standard InChI is InChI=1S/C51H31N3OS/c1-4-13-32(14-5-1)33-25-27-36(28-26-33)50-52-49(35-17-8-3-9-18-35)53-51(54-50)41-22-11-23-44-46(41)42-31-37(29-30-43(42)55-44)38-19-12-24-45-47(38)40-21-10-20-39(48(40)56-45)34-15-6-2-7-16-34/h1-31H. The van der Waals surface area contributed by atoms with Gasteiger partial charge in [-0.25, -0.2) is 15.0 Å². The highest BCUT2D eigenvalue weighted by Crippen LogP contribution is 2.45. The zero-order chi connectivity index (χ0) is 37.0. The van der Waals surface area contributed by atoms with Crippen LogP contribution in [-0.4, -0.2) is 15.0 Å². The van der Waals surface area contributed by atoms with Gasteiger partial charge in [0.25, 0.3) is 0 Å². The Labute approximate surface area is 327 Å². The molecule has 5 heteroatoms. The van der Waals surface area contributed by atoms with Gasteiger partial charge in [0, 0.05) is 47.6 Å². The predicted molar refractivity (Wildman–Crippen MR) is 233 cm³/mol. The van der Waals surface area contributed by atoms with Gasteiger partial charge in [-0.05, 0) is 57.6 Å². The minimum Gasteiger partial charge on any atom is -0.456 e. The van der Waals surface area contributed by atoms with Gasteiger partial charge in [0.1, 0.15) is 11.2 Å². The van der Waals surface area contributed by atoms with E-state index in [2.05, 4.69) is 140 Å². The Morgan fingerprint density at radius 1 is 0.339 bits per heavy atom. The normalized spacial score (nSPS) is 11.6. The van der Waals surface area contributed by atoms with Crippen molar-refractivity contribution in [3.63, 3.8) is 0 Å². The summed E-state index contributed by atoms with van der Waals surface area (Å²) < 4.78 is 9.09. The molecular formula is C51H31N3OS. The van der Waals surface area contributed by atoms with E-state index in [4.69, 9.17) is 19.4 Å². The fraction of sp³-hybridized carbons (Fsp3) is 0. The van der Waals surface area contributed by atoms with Crippen LogP contribution >= 0.6 is 11.3 Å². The third kappa shape index (κ3) is 5.48. The molecule has 0 amide bonds. The van der Waals surface area contributed by atoms with Crippen molar-refractivity contribution in [1.29, 1.82) is 0 Å². The number of hydrogen-bond donors (Lipinski definition) is 0. The maximum atomic E-state index is 6.53. The van der Waals surface area contributed by atoms with Crippen LogP contribution < -0.4 is 0 Å². The topological polar surface area (TPSA) is 51.8 Å². The minimum absolute atomic E-state index is 0.596. The Morgan fingerprint density at radius 3 is 1.64 bits per heavy atom. The van der Waals surface area contributed by atoms with Crippen LogP contribution in [0, 0.1) is 0 Å². The largest absolute Gasteiger partial charge is 0.456 e. The molecule has 0 aliphatic rings. The van der Waals surface area contributed by atoms with E-state index < -0.39 is 0 Å². The summed E-state index contributed by atoms with van der Waals surface area (Å²) in [5.74, 6) is 1.83. The molecular weight excluding hydrogens is 703 g/mol. The van der Waals surface area contributed by atoms with Crippen molar-refractivity contribution >= 4 is 53.4 Å². The zero-order valence-electron chi connectivity index (χ0n) is 30.1. The summed E-state index contributed by atoms with van der Waals surface area (Å²) in [6, 6.07) is 65.6. The van der Waals surface area contributed by atoms with Gasteiger partial charge in [0.05, 0.1) is 0 Å². The number of nitrogens with zero attached hydrogens (tertiary/aromatic N) is 3. The molecule has 8 aromatic carbocycles. The lowest BCUT2D eigenvalue weighted by Gasteiger charge is -2.10. The molecule has 56 heavy (non-hydrogen) atoms. The highest BCUT2D eigenvalue weighted by molar-refractivity contribution is 7.26. The second-order valence-corrected chi connectivity index (χ2v) is 15.0. The van der Waals surface area contributed by atoms with Gasteiger partial charge in [-0.3, -0.25) is 0 Å². The molecule has 4 nitrogen and oxygen atoms in total. The van der Waals surface area contributed by atoms with Crippen molar-refractivity contribution in [1.82, 2.24) is 15.0 Å². The first-order valence-corrected chi connectivity index (χ1v) is 19.5. The highest BCUT2D eigenvalue weighted by Gasteiger charge is 2.20. The van der Waals surface area contributed by atoms with Crippen molar-refractivity contribution in [3.05, 3.63) is 188 Å². The Bertz CT molecular complexity index is 3230. The second kappa shape index (κ2) is 13.3. The van der Waals surface area contributed by atoms with E-state index in [0.717, 1.165) is 49.8 Å². The monoisotopic (exact) mass is 733 g/mol. The Balaban J connectivity index is 1.08. The van der Waals surface area contributed by atoms with Crippen molar-refractivity contribution in [3.8, 4) is 67.5 Å². The molecule has 0 N–H and O–H groups in total. The maximum Gasteiger partial charge on any atom is 0.164 e. The van der Waals surface area contributed by atoms with Gasteiger partial charge >= 0.3 is 0 Å². The summed E-state index contributed by atoms with van der Waals surface area (Å²) >= 11 is 1.86. The van der Waals surface area contributed by atoms with Crippen molar-refractivity contribution in [2.45, 2.75) is 0 Å². The molecule has 11 rings (SSSR count). The lowest BCUT2D eigenvalue weighted by Crippen LogP contribution is -2.00. The number of fused-ring (bicyclic) bond motifs is 6. The molecule has 0 fully saturated rings. The Morgan fingerprint density at radius 2 is 0.893 bits per heavy atom. The van der Waals surface area contributed by atoms with E-state index in [1.54, 1.807) is 0 Å². The molecule has 11 aromatic rings. The van der Waals surface area contributed by atoms with Crippen molar-refractivity contribution in [2.24, 2.45) is 0 Å². The molecule has 262 valence electrons. The fourth-order valence-electron chi connectivity index (χ4n) is 7.90. The molecule has 0 aliphatic heterocycles. The van der Waals surface area contributed by atoms with Crippen LogP contribution in [0.25, 0.3) is 110 Å². The molecule has 0 unspecified atom stereocenters. The summed E-state index contributed by atoms with van der Waals surface area (Å²) in [5.41, 5.74) is 11.5. The summed E-state index contributed by atoms with van der Waals surface area (Å²) in [5, 5.41) is 4.53. The summed E-state index contributed by atoms with van der Waals surface area (Å²) in [6.45, 7) is 0. The molecule has 3 aromatic heterocycles. The first-order valence-electron chi connectivity index (χ1n) is 18.7. The average Bonchev–Trinajstić information content (AvgIpc) is 3.86. The molecule has 0 atom stereocenters. The van der Waals surface area contributed by atoms with Crippen LogP contribution in [0.1, 0.15) is 0 Å². The smallest absolute Gasteiger partial charge is 0.164 e. The summed E-state index contributed by atoms with van der Waals surface area (Å²) in [6.07, 6.45) is 0. The van der Waals surface area contributed by atoms with Gasteiger partial charge in [0.2, 0.25) is 0 Å². The third-order valence-electron chi connectivity index (χ3n) is 10.6. The fourth-order valence-corrected chi connectivity index (χ4v) is 9.16. The van der Waals surface area contributed by atoms with Crippen LogP contribution in [-0.2, 0) is 0 Å². The first-order chi connectivity index (χ1) is 27.7. The molecule has 0 bridgehead atoms. The van der Waals surface area contributed by atoms with Crippen LogP contribution in [0.15, 0.2) is 192 Å². The number of benzene rings is 8. The highest BCUT2D eigenvalue weighted by atomic mass is 32.1. The Hall–Kier alpha value is -7.21. The van der Waals surface area contributed by atoms with E-state index >= 15 is 0 Å². The van der Waals surface area contributed by atoms with Crippen molar-refractivity contribution < 1.29 is 4.42 Å². The lowest BCUT2D eigenvalue weighted by molar-refractivity contribution is 0.669. The molecule has 0 spiro atoms. The van der Waals surface area contributed by atoms with Gasteiger partial charge in [0.15, 0.2) is 17.5 Å². The van der Waals surface area contributed by atoms with E-state index in [0.29, 0.717) is 17.5 Å². The third-order valence-corrected chi connectivity index (χ3v) is 11.8. The maximum absolute atomic E-state index is 6.53. The van der Waals surface area contributed by atoms with Crippen molar-refractivity contribution in [2.75, 3.05) is 0 Å². The zero-order valence-corrected chi connectivity index (χ0v) is 30.9. The second-order valence-electron chi connectivity index (χ2n) is 13.9. The van der Waals surface area contributed by atoms with Crippen LogP contribution in [0.3, 0.4) is 0 Å². The van der Waals surface area contributed by atoms with E-state index in [-0.39, 0.29) is 0 Å². The van der Waals surface area contributed by atoms with Gasteiger partial charge in [-0.15, -0.1) is 11.3 Å². The summed E-state index contributed by atoms with van der Waals surface area (Å²) in [7, 11) is 0. The van der Waals surface area contributed by atoms with Crippen LogP contribution in [0.2, 0.25) is 0 Å². The van der Waals surface area contributed by atoms with Gasteiger partial charge in [-0.2, -0.15) is 0 Å². The number of thiophene rings is 1.